The van der Waals surface area contributed by atoms with Gasteiger partial charge >= 0.3 is 6.01 Å². The van der Waals surface area contributed by atoms with Crippen LogP contribution in [0.3, 0.4) is 0 Å². The standard InChI is InChI=1S/C24H31FN4O4/c25-18-3-4-22(31-13-20-2-1-9-30-20)21(10-18)17-5-7-28(8-6-17)19-11-24(33-12-19)14-29(15-24)23-27-26-16-32-23/h3-4,10,16-17,19-20H,1-2,5-9,11-15H2. The fourth-order valence-corrected chi connectivity index (χ4v) is 5.87. The highest BCUT2D eigenvalue weighted by atomic mass is 19.1. The Hall–Kier alpha value is -2.23. The molecule has 2 aromatic rings. The molecule has 178 valence electrons. The maximum Gasteiger partial charge on any atom is 0.318 e. The summed E-state index contributed by atoms with van der Waals surface area (Å²) in [5.74, 6) is 0.923. The van der Waals surface area contributed by atoms with E-state index in [0.29, 0.717) is 24.6 Å². The van der Waals surface area contributed by atoms with Crippen molar-refractivity contribution in [2.75, 3.05) is 50.9 Å². The molecular weight excluding hydrogens is 427 g/mol. The predicted octanol–water partition coefficient (Wildman–Crippen LogP) is 2.99. The zero-order valence-corrected chi connectivity index (χ0v) is 18.8. The molecule has 2 atom stereocenters. The van der Waals surface area contributed by atoms with Gasteiger partial charge in [0.1, 0.15) is 23.8 Å². The van der Waals surface area contributed by atoms with E-state index in [9.17, 15) is 4.39 Å². The second-order valence-corrected chi connectivity index (χ2v) is 9.87. The monoisotopic (exact) mass is 458 g/mol. The molecule has 5 heterocycles. The molecule has 1 aromatic carbocycles. The highest BCUT2D eigenvalue weighted by Crippen LogP contribution is 2.41. The predicted molar refractivity (Wildman–Crippen MR) is 118 cm³/mol. The van der Waals surface area contributed by atoms with Crippen molar-refractivity contribution in [3.8, 4) is 5.75 Å². The van der Waals surface area contributed by atoms with Gasteiger partial charge in [-0.05, 0) is 69.3 Å². The van der Waals surface area contributed by atoms with E-state index in [2.05, 4.69) is 20.0 Å². The van der Waals surface area contributed by atoms with Crippen LogP contribution < -0.4 is 9.64 Å². The third kappa shape index (κ3) is 4.34. The van der Waals surface area contributed by atoms with E-state index in [1.54, 1.807) is 12.1 Å². The van der Waals surface area contributed by atoms with E-state index < -0.39 is 0 Å². The van der Waals surface area contributed by atoms with Crippen LogP contribution in [0.1, 0.15) is 43.6 Å². The van der Waals surface area contributed by atoms with Crippen molar-refractivity contribution in [2.24, 2.45) is 0 Å². The van der Waals surface area contributed by atoms with Crippen LogP contribution in [-0.4, -0.2) is 78.8 Å². The van der Waals surface area contributed by atoms with Crippen LogP contribution in [0.2, 0.25) is 0 Å². The number of halogens is 1. The summed E-state index contributed by atoms with van der Waals surface area (Å²) < 4.78 is 37.4. The summed E-state index contributed by atoms with van der Waals surface area (Å²) in [7, 11) is 0. The van der Waals surface area contributed by atoms with Gasteiger partial charge in [0, 0.05) is 18.2 Å². The van der Waals surface area contributed by atoms with E-state index in [0.717, 1.165) is 82.8 Å². The zero-order chi connectivity index (χ0) is 22.3. The average Bonchev–Trinajstić information content (AvgIpc) is 3.59. The van der Waals surface area contributed by atoms with Crippen molar-refractivity contribution < 1.29 is 23.0 Å². The van der Waals surface area contributed by atoms with Gasteiger partial charge in [0.05, 0.1) is 25.8 Å². The molecule has 4 saturated heterocycles. The summed E-state index contributed by atoms with van der Waals surface area (Å²) in [5, 5.41) is 7.74. The van der Waals surface area contributed by atoms with Crippen LogP contribution >= 0.6 is 0 Å². The molecular formula is C24H31FN4O4. The second-order valence-electron chi connectivity index (χ2n) is 9.87. The smallest absolute Gasteiger partial charge is 0.318 e. The van der Waals surface area contributed by atoms with Crippen LogP contribution in [0, 0.1) is 5.82 Å². The summed E-state index contributed by atoms with van der Waals surface area (Å²) in [6, 6.07) is 5.94. The molecule has 33 heavy (non-hydrogen) atoms. The number of anilines is 1. The minimum Gasteiger partial charge on any atom is -0.491 e. The minimum absolute atomic E-state index is 0.0954. The van der Waals surface area contributed by atoms with Gasteiger partial charge in [0.2, 0.25) is 6.39 Å². The summed E-state index contributed by atoms with van der Waals surface area (Å²) in [4.78, 5) is 4.62. The van der Waals surface area contributed by atoms with Crippen LogP contribution in [0.15, 0.2) is 29.0 Å². The number of hydrogen-bond donors (Lipinski definition) is 0. The van der Waals surface area contributed by atoms with Crippen molar-refractivity contribution in [1.29, 1.82) is 0 Å². The van der Waals surface area contributed by atoms with Gasteiger partial charge in [0.15, 0.2) is 0 Å². The molecule has 4 fully saturated rings. The Balaban J connectivity index is 1.03. The van der Waals surface area contributed by atoms with Crippen molar-refractivity contribution in [3.05, 3.63) is 36.0 Å². The fourth-order valence-electron chi connectivity index (χ4n) is 5.87. The number of aromatic nitrogens is 2. The molecule has 6 rings (SSSR count). The maximum atomic E-state index is 14.1. The average molecular weight is 459 g/mol. The first-order chi connectivity index (χ1) is 16.2. The lowest BCUT2D eigenvalue weighted by Crippen LogP contribution is -2.62. The molecule has 0 N–H and O–H groups in total. The Morgan fingerprint density at radius 2 is 2.06 bits per heavy atom. The van der Waals surface area contributed by atoms with Crippen LogP contribution in [0.4, 0.5) is 10.4 Å². The highest BCUT2D eigenvalue weighted by Gasteiger charge is 2.52. The molecule has 0 aliphatic carbocycles. The topological polar surface area (TPSA) is 73.1 Å². The zero-order valence-electron chi connectivity index (χ0n) is 18.8. The minimum atomic E-state index is -0.196. The Labute approximate surface area is 193 Å². The van der Waals surface area contributed by atoms with Crippen LogP contribution in [0.5, 0.6) is 5.75 Å². The van der Waals surface area contributed by atoms with E-state index in [-0.39, 0.29) is 17.5 Å². The van der Waals surface area contributed by atoms with Crippen molar-refractivity contribution >= 4 is 6.01 Å². The molecule has 0 radical (unpaired) electrons. The lowest BCUT2D eigenvalue weighted by atomic mass is 9.86. The number of nitrogens with zero attached hydrogens (tertiary/aromatic N) is 4. The second kappa shape index (κ2) is 8.85. The quantitative estimate of drug-likeness (QED) is 0.654. The van der Waals surface area contributed by atoms with E-state index in [1.165, 1.54) is 12.5 Å². The lowest BCUT2D eigenvalue weighted by Gasteiger charge is -2.46. The number of likely N-dealkylation sites (tertiary alicyclic amines) is 1. The molecule has 0 saturated carbocycles. The molecule has 0 bridgehead atoms. The maximum absolute atomic E-state index is 14.1. The van der Waals surface area contributed by atoms with Gasteiger partial charge in [-0.2, -0.15) is 0 Å². The number of ether oxygens (including phenoxy) is 3. The third-order valence-corrected chi connectivity index (χ3v) is 7.67. The normalized spacial score (nSPS) is 27.8. The molecule has 2 unspecified atom stereocenters. The lowest BCUT2D eigenvalue weighted by molar-refractivity contribution is -0.0216. The van der Waals surface area contributed by atoms with E-state index in [1.807, 2.05) is 0 Å². The Morgan fingerprint density at radius 3 is 2.82 bits per heavy atom. The van der Waals surface area contributed by atoms with E-state index in [4.69, 9.17) is 18.6 Å². The van der Waals surface area contributed by atoms with Gasteiger partial charge in [-0.15, -0.1) is 5.10 Å². The Morgan fingerprint density at radius 1 is 1.18 bits per heavy atom. The van der Waals surface area contributed by atoms with Crippen LogP contribution in [-0.2, 0) is 9.47 Å². The molecule has 1 spiro atoms. The van der Waals surface area contributed by atoms with Gasteiger partial charge in [-0.3, -0.25) is 4.90 Å². The number of rotatable bonds is 6. The van der Waals surface area contributed by atoms with Gasteiger partial charge in [0.25, 0.3) is 0 Å². The molecule has 0 amide bonds. The summed E-state index contributed by atoms with van der Waals surface area (Å²) in [6.07, 6.45) is 6.66. The third-order valence-electron chi connectivity index (χ3n) is 7.67. The largest absolute Gasteiger partial charge is 0.491 e. The molecule has 4 aliphatic heterocycles. The first-order valence-corrected chi connectivity index (χ1v) is 12.1. The van der Waals surface area contributed by atoms with Gasteiger partial charge in [-0.1, -0.05) is 5.10 Å². The van der Waals surface area contributed by atoms with Gasteiger partial charge in [-0.25, -0.2) is 4.39 Å². The van der Waals surface area contributed by atoms with Crippen molar-refractivity contribution in [3.63, 3.8) is 0 Å². The molecule has 1 aromatic heterocycles. The van der Waals surface area contributed by atoms with Gasteiger partial charge < -0.3 is 23.5 Å². The summed E-state index contributed by atoms with van der Waals surface area (Å²) in [6.45, 7) is 5.70. The first kappa shape index (κ1) is 21.3. The first-order valence-electron chi connectivity index (χ1n) is 12.1. The van der Waals surface area contributed by atoms with Crippen molar-refractivity contribution in [2.45, 2.75) is 55.8 Å². The summed E-state index contributed by atoms with van der Waals surface area (Å²) >= 11 is 0. The Kier molecular flexibility index (Phi) is 5.72. The highest BCUT2D eigenvalue weighted by molar-refractivity contribution is 5.37. The van der Waals surface area contributed by atoms with Crippen LogP contribution in [0.25, 0.3) is 0 Å². The summed E-state index contributed by atoms with van der Waals surface area (Å²) in [5.41, 5.74) is 0.906. The molecule has 4 aliphatic rings. The Bertz CT molecular complexity index is 938. The number of piperidine rings is 1. The van der Waals surface area contributed by atoms with E-state index >= 15 is 0 Å². The number of benzene rings is 1. The fraction of sp³-hybridized carbons (Fsp3) is 0.667. The number of hydrogen-bond acceptors (Lipinski definition) is 8. The SMILES string of the molecule is Fc1ccc(OCC2CCCO2)c(C2CCN(C3COC4(C3)CN(c3nnco3)C4)CC2)c1. The molecule has 9 heteroatoms. The molecule has 8 nitrogen and oxygen atoms in total. The van der Waals surface area contributed by atoms with Crippen molar-refractivity contribution in [1.82, 2.24) is 15.1 Å².